The van der Waals surface area contributed by atoms with E-state index in [1.165, 1.54) is 5.01 Å². The van der Waals surface area contributed by atoms with E-state index in [-0.39, 0.29) is 24.3 Å². The quantitative estimate of drug-likeness (QED) is 0.247. The van der Waals surface area contributed by atoms with E-state index >= 15 is 0 Å². The Morgan fingerprint density at radius 3 is 2.64 bits per heavy atom. The fourth-order valence-electron chi connectivity index (χ4n) is 4.80. The number of hydrogen-bond donors (Lipinski definition) is 2. The Bertz CT molecular complexity index is 1470. The fraction of sp³-hybridized carbons (Fsp3) is 0.333. The smallest absolute Gasteiger partial charge is 0.306 e. The molecule has 0 saturated carbocycles. The molecular weight excluding hydrogens is 452 g/mol. The molecule has 36 heavy (non-hydrogen) atoms. The number of para-hydroxylation sites is 1. The monoisotopic (exact) mass is 482 g/mol. The van der Waals surface area contributed by atoms with Crippen molar-refractivity contribution in [3.05, 3.63) is 60.0 Å². The van der Waals surface area contributed by atoms with Crippen molar-refractivity contribution in [1.29, 1.82) is 0 Å². The second kappa shape index (κ2) is 10.3. The van der Waals surface area contributed by atoms with Gasteiger partial charge in [-0.1, -0.05) is 48.4 Å². The SMILES string of the molecule is CC#CCn1c(C(=O)N(Cc2nc3ccccc3c3ccccc23)NC)nnc1N1CCCC(N)C1. The van der Waals surface area contributed by atoms with Crippen LogP contribution < -0.4 is 16.1 Å². The lowest BCUT2D eigenvalue weighted by Crippen LogP contribution is -2.44. The molecule has 0 aliphatic carbocycles. The first-order valence-corrected chi connectivity index (χ1v) is 12.2. The van der Waals surface area contributed by atoms with E-state index in [2.05, 4.69) is 44.5 Å². The second-order valence-electron chi connectivity index (χ2n) is 8.92. The van der Waals surface area contributed by atoms with Crippen LogP contribution in [0.1, 0.15) is 36.1 Å². The van der Waals surface area contributed by atoms with Gasteiger partial charge in [-0.2, -0.15) is 0 Å². The summed E-state index contributed by atoms with van der Waals surface area (Å²) in [6.07, 6.45) is 1.95. The third kappa shape index (κ3) is 4.49. The zero-order valence-corrected chi connectivity index (χ0v) is 20.6. The zero-order chi connectivity index (χ0) is 25.1. The first-order valence-electron chi connectivity index (χ1n) is 12.2. The Labute approximate surface area is 210 Å². The zero-order valence-electron chi connectivity index (χ0n) is 20.6. The highest BCUT2D eigenvalue weighted by molar-refractivity contribution is 6.06. The van der Waals surface area contributed by atoms with Gasteiger partial charge < -0.3 is 10.6 Å². The van der Waals surface area contributed by atoms with Crippen molar-refractivity contribution >= 4 is 33.5 Å². The van der Waals surface area contributed by atoms with Gasteiger partial charge in [0.05, 0.1) is 24.3 Å². The molecule has 1 fully saturated rings. The number of carbonyl (C=O) groups is 1. The molecule has 2 aromatic heterocycles. The van der Waals surface area contributed by atoms with Gasteiger partial charge in [0.25, 0.3) is 0 Å². The predicted molar refractivity (Wildman–Crippen MR) is 141 cm³/mol. The number of hydrazine groups is 1. The van der Waals surface area contributed by atoms with Crippen LogP contribution >= 0.6 is 0 Å². The molecule has 3 heterocycles. The van der Waals surface area contributed by atoms with E-state index in [0.717, 1.165) is 46.8 Å². The van der Waals surface area contributed by atoms with Crippen molar-refractivity contribution in [2.45, 2.75) is 38.9 Å². The number of rotatable bonds is 6. The van der Waals surface area contributed by atoms with Crippen molar-refractivity contribution in [3.63, 3.8) is 0 Å². The number of nitrogens with zero attached hydrogens (tertiary/aromatic N) is 6. The van der Waals surface area contributed by atoms with Crippen molar-refractivity contribution in [2.75, 3.05) is 25.0 Å². The number of fused-ring (bicyclic) bond motifs is 3. The summed E-state index contributed by atoms with van der Waals surface area (Å²) in [6, 6.07) is 16.3. The lowest BCUT2D eigenvalue weighted by atomic mass is 10.0. The van der Waals surface area contributed by atoms with Crippen LogP contribution in [0.2, 0.25) is 0 Å². The summed E-state index contributed by atoms with van der Waals surface area (Å²) in [5.41, 5.74) is 10.9. The highest BCUT2D eigenvalue weighted by atomic mass is 16.2. The number of nitrogens with two attached hydrogens (primary N) is 1. The average molecular weight is 483 g/mol. The minimum Gasteiger partial charge on any atom is -0.339 e. The first-order chi connectivity index (χ1) is 17.6. The normalized spacial score (nSPS) is 15.6. The Hall–Kier alpha value is -4.00. The fourth-order valence-corrected chi connectivity index (χ4v) is 4.80. The molecule has 1 atom stereocenters. The molecule has 9 nitrogen and oxygen atoms in total. The highest BCUT2D eigenvalue weighted by Crippen LogP contribution is 2.27. The molecule has 1 aliphatic heterocycles. The first kappa shape index (κ1) is 23.7. The van der Waals surface area contributed by atoms with Crippen LogP contribution in [-0.4, -0.2) is 56.8 Å². The number of benzene rings is 2. The van der Waals surface area contributed by atoms with Crippen molar-refractivity contribution < 1.29 is 4.79 Å². The number of pyridine rings is 1. The van der Waals surface area contributed by atoms with Gasteiger partial charge in [0.1, 0.15) is 0 Å². The molecule has 184 valence electrons. The average Bonchev–Trinajstić information content (AvgIpc) is 3.34. The van der Waals surface area contributed by atoms with Gasteiger partial charge in [-0.05, 0) is 31.2 Å². The summed E-state index contributed by atoms with van der Waals surface area (Å²) < 4.78 is 1.78. The number of hydrogen-bond acceptors (Lipinski definition) is 7. The van der Waals surface area contributed by atoms with E-state index < -0.39 is 0 Å². The number of anilines is 1. The van der Waals surface area contributed by atoms with Crippen LogP contribution in [0.4, 0.5) is 5.95 Å². The van der Waals surface area contributed by atoms with E-state index in [1.54, 1.807) is 18.5 Å². The molecule has 2 aromatic carbocycles. The minimum absolute atomic E-state index is 0.0707. The van der Waals surface area contributed by atoms with Crippen molar-refractivity contribution in [3.8, 4) is 11.8 Å². The van der Waals surface area contributed by atoms with Gasteiger partial charge in [-0.25, -0.2) is 5.43 Å². The van der Waals surface area contributed by atoms with Gasteiger partial charge in [-0.3, -0.25) is 19.4 Å². The summed E-state index contributed by atoms with van der Waals surface area (Å²) in [4.78, 5) is 20.7. The molecule has 0 radical (unpaired) electrons. The number of aromatic nitrogens is 4. The maximum Gasteiger partial charge on any atom is 0.306 e. The summed E-state index contributed by atoms with van der Waals surface area (Å²) in [7, 11) is 1.72. The maximum absolute atomic E-state index is 13.7. The van der Waals surface area contributed by atoms with Gasteiger partial charge >= 0.3 is 5.91 Å². The molecule has 1 unspecified atom stereocenters. The van der Waals surface area contributed by atoms with Crippen LogP contribution in [0.15, 0.2) is 48.5 Å². The van der Waals surface area contributed by atoms with Crippen LogP contribution in [0, 0.1) is 11.8 Å². The summed E-state index contributed by atoms with van der Waals surface area (Å²) in [5.74, 6) is 6.53. The van der Waals surface area contributed by atoms with Gasteiger partial charge in [0, 0.05) is 37.0 Å². The third-order valence-corrected chi connectivity index (χ3v) is 6.59. The van der Waals surface area contributed by atoms with Gasteiger partial charge in [0.2, 0.25) is 11.8 Å². The second-order valence-corrected chi connectivity index (χ2v) is 8.92. The van der Waals surface area contributed by atoms with Crippen LogP contribution in [0.3, 0.4) is 0 Å². The Kier molecular flexibility index (Phi) is 6.80. The summed E-state index contributed by atoms with van der Waals surface area (Å²) >= 11 is 0. The highest BCUT2D eigenvalue weighted by Gasteiger charge is 2.28. The molecule has 5 rings (SSSR count). The van der Waals surface area contributed by atoms with Crippen LogP contribution in [0.5, 0.6) is 0 Å². The standard InChI is InChI=1S/C27H30N8O/c1-3-4-16-34-25(31-32-27(34)33-15-9-10-19(28)17-33)26(36)35(29-2)18-24-22-13-6-5-11-20(22)21-12-7-8-14-23(21)30-24/h5-8,11-14,19,29H,9-10,15-18,28H2,1-2H3. The summed E-state index contributed by atoms with van der Waals surface area (Å²) in [5, 5.41) is 13.4. The predicted octanol–water partition coefficient (Wildman–Crippen LogP) is 2.71. The van der Waals surface area contributed by atoms with E-state index in [4.69, 9.17) is 10.7 Å². The Morgan fingerprint density at radius 2 is 1.89 bits per heavy atom. The van der Waals surface area contributed by atoms with Gasteiger partial charge in [-0.15, -0.1) is 16.1 Å². The molecule has 1 saturated heterocycles. The van der Waals surface area contributed by atoms with Crippen LogP contribution in [0.25, 0.3) is 21.7 Å². The molecular formula is C27H30N8O. The molecule has 1 amide bonds. The van der Waals surface area contributed by atoms with Crippen LogP contribution in [-0.2, 0) is 13.1 Å². The largest absolute Gasteiger partial charge is 0.339 e. The lowest BCUT2D eigenvalue weighted by molar-refractivity contribution is 0.0644. The van der Waals surface area contributed by atoms with Gasteiger partial charge in [0.15, 0.2) is 0 Å². The minimum atomic E-state index is -0.297. The third-order valence-electron chi connectivity index (χ3n) is 6.59. The molecule has 1 aliphatic rings. The number of nitrogens with one attached hydrogen (secondary N) is 1. The lowest BCUT2D eigenvalue weighted by Gasteiger charge is -2.31. The van der Waals surface area contributed by atoms with Crippen molar-refractivity contribution in [1.82, 2.24) is 30.2 Å². The van der Waals surface area contributed by atoms with Crippen molar-refractivity contribution in [2.24, 2.45) is 5.73 Å². The number of piperidine rings is 1. The molecule has 4 aromatic rings. The van der Waals surface area contributed by atoms with E-state index in [1.807, 2.05) is 36.4 Å². The molecule has 0 spiro atoms. The van der Waals surface area contributed by atoms with E-state index in [9.17, 15) is 4.79 Å². The number of carbonyl (C=O) groups excluding carboxylic acids is 1. The molecule has 0 bridgehead atoms. The van der Waals surface area contributed by atoms with E-state index in [0.29, 0.717) is 19.0 Å². The Balaban J connectivity index is 1.51. The molecule has 3 N–H and O–H groups in total. The number of amides is 1. The maximum atomic E-state index is 13.7. The molecule has 9 heteroatoms. The topological polar surface area (TPSA) is 105 Å². The Morgan fingerprint density at radius 1 is 1.14 bits per heavy atom. The summed E-state index contributed by atoms with van der Waals surface area (Å²) in [6.45, 7) is 3.85.